The van der Waals surface area contributed by atoms with E-state index in [-0.39, 0.29) is 5.02 Å². The number of hydrogen-bond donors (Lipinski definition) is 2. The van der Waals surface area contributed by atoms with Crippen molar-refractivity contribution in [3.63, 3.8) is 0 Å². The van der Waals surface area contributed by atoms with Gasteiger partial charge >= 0.3 is 6.03 Å². The Morgan fingerprint density at radius 1 is 0.958 bits per heavy atom. The van der Waals surface area contributed by atoms with Gasteiger partial charge in [-0.15, -0.1) is 0 Å². The third-order valence-electron chi connectivity index (χ3n) is 3.12. The van der Waals surface area contributed by atoms with Crippen LogP contribution < -0.4 is 24.8 Å². The number of hydrogen-bond acceptors (Lipinski definition) is 4. The second-order valence-corrected chi connectivity index (χ2v) is 5.38. The summed E-state index contributed by atoms with van der Waals surface area (Å²) < 4.78 is 15.7. The summed E-state index contributed by atoms with van der Waals surface area (Å²) in [6, 6.07) is 7.69. The van der Waals surface area contributed by atoms with E-state index < -0.39 is 6.03 Å². The third-order valence-corrected chi connectivity index (χ3v) is 3.94. The second kappa shape index (κ2) is 7.99. The van der Waals surface area contributed by atoms with E-state index >= 15 is 0 Å². The second-order valence-electron chi connectivity index (χ2n) is 4.59. The summed E-state index contributed by atoms with van der Waals surface area (Å²) in [6.45, 7) is 0. The summed E-state index contributed by atoms with van der Waals surface area (Å²) in [7, 11) is 4.49. The van der Waals surface area contributed by atoms with Gasteiger partial charge in [-0.25, -0.2) is 4.79 Å². The predicted molar refractivity (Wildman–Crippen MR) is 95.2 cm³/mol. The van der Waals surface area contributed by atoms with Gasteiger partial charge in [0.25, 0.3) is 0 Å². The van der Waals surface area contributed by atoms with Crippen LogP contribution in [0.4, 0.5) is 16.2 Å². The van der Waals surface area contributed by atoms with Crippen LogP contribution in [0.5, 0.6) is 17.2 Å². The van der Waals surface area contributed by atoms with Gasteiger partial charge in [0.15, 0.2) is 11.5 Å². The largest absolute Gasteiger partial charge is 0.493 e. The van der Waals surface area contributed by atoms with Crippen LogP contribution in [-0.4, -0.2) is 27.4 Å². The molecule has 2 aromatic rings. The number of benzene rings is 2. The third kappa shape index (κ3) is 3.96. The number of halogens is 2. The minimum atomic E-state index is -0.492. The first-order valence-electron chi connectivity index (χ1n) is 6.82. The first-order chi connectivity index (χ1) is 11.5. The molecular formula is C16H16Cl2N2O4. The lowest BCUT2D eigenvalue weighted by atomic mass is 10.2. The van der Waals surface area contributed by atoms with E-state index in [1.165, 1.54) is 21.3 Å². The van der Waals surface area contributed by atoms with Gasteiger partial charge in [0.05, 0.1) is 42.7 Å². The first kappa shape index (κ1) is 18.0. The van der Waals surface area contributed by atoms with E-state index in [4.69, 9.17) is 37.4 Å². The van der Waals surface area contributed by atoms with Gasteiger partial charge < -0.3 is 24.8 Å². The van der Waals surface area contributed by atoms with Crippen molar-refractivity contribution in [2.45, 2.75) is 0 Å². The molecule has 0 saturated heterocycles. The van der Waals surface area contributed by atoms with Crippen molar-refractivity contribution < 1.29 is 19.0 Å². The Balaban J connectivity index is 2.21. The highest BCUT2D eigenvalue weighted by Crippen LogP contribution is 2.40. The molecule has 0 aliphatic carbocycles. The molecule has 0 radical (unpaired) electrons. The molecule has 0 aliphatic heterocycles. The Morgan fingerprint density at radius 3 is 2.12 bits per heavy atom. The summed E-state index contributed by atoms with van der Waals surface area (Å²) in [5, 5.41) is 5.91. The minimum Gasteiger partial charge on any atom is -0.493 e. The van der Waals surface area contributed by atoms with E-state index in [0.717, 1.165) is 0 Å². The van der Waals surface area contributed by atoms with E-state index in [0.29, 0.717) is 33.6 Å². The van der Waals surface area contributed by atoms with Crippen LogP contribution in [0, 0.1) is 0 Å². The zero-order chi connectivity index (χ0) is 17.7. The van der Waals surface area contributed by atoms with E-state index in [1.54, 1.807) is 30.3 Å². The molecule has 8 heteroatoms. The molecule has 128 valence electrons. The Kier molecular flexibility index (Phi) is 6.00. The van der Waals surface area contributed by atoms with Crippen molar-refractivity contribution in [1.82, 2.24) is 0 Å². The molecule has 2 amide bonds. The summed E-state index contributed by atoms with van der Waals surface area (Å²) >= 11 is 12.0. The van der Waals surface area contributed by atoms with E-state index in [2.05, 4.69) is 10.6 Å². The quantitative estimate of drug-likeness (QED) is 0.802. The topological polar surface area (TPSA) is 68.8 Å². The molecule has 0 aromatic heterocycles. The molecular weight excluding hydrogens is 355 g/mol. The Bertz CT molecular complexity index is 728. The molecule has 0 atom stereocenters. The van der Waals surface area contributed by atoms with Crippen LogP contribution in [0.2, 0.25) is 10.0 Å². The lowest BCUT2D eigenvalue weighted by Crippen LogP contribution is -2.19. The number of ether oxygens (including phenoxy) is 3. The highest BCUT2D eigenvalue weighted by molar-refractivity contribution is 6.44. The van der Waals surface area contributed by atoms with Crippen molar-refractivity contribution in [3.8, 4) is 17.2 Å². The number of anilines is 2. The number of urea groups is 1. The van der Waals surface area contributed by atoms with Crippen LogP contribution in [0.15, 0.2) is 30.3 Å². The fourth-order valence-corrected chi connectivity index (χ4v) is 2.39. The van der Waals surface area contributed by atoms with Crippen LogP contribution in [-0.2, 0) is 0 Å². The summed E-state index contributed by atoms with van der Waals surface area (Å²) in [5.74, 6) is 1.28. The van der Waals surface area contributed by atoms with Gasteiger partial charge in [0.2, 0.25) is 5.75 Å². The maximum absolute atomic E-state index is 12.2. The van der Waals surface area contributed by atoms with Crippen molar-refractivity contribution in [2.75, 3.05) is 32.0 Å². The molecule has 2 aromatic carbocycles. The van der Waals surface area contributed by atoms with Gasteiger partial charge in [0.1, 0.15) is 0 Å². The van der Waals surface area contributed by atoms with E-state index in [9.17, 15) is 4.79 Å². The van der Waals surface area contributed by atoms with Crippen LogP contribution in [0.3, 0.4) is 0 Å². The Labute approximate surface area is 149 Å². The fourth-order valence-electron chi connectivity index (χ4n) is 2.04. The molecule has 0 spiro atoms. The van der Waals surface area contributed by atoms with Gasteiger partial charge in [-0.3, -0.25) is 0 Å². The predicted octanol–water partition coefficient (Wildman–Crippen LogP) is 4.66. The van der Waals surface area contributed by atoms with Crippen molar-refractivity contribution >= 4 is 40.6 Å². The summed E-state index contributed by atoms with van der Waals surface area (Å²) in [5.41, 5.74) is 0.856. The van der Waals surface area contributed by atoms with Crippen LogP contribution >= 0.6 is 23.2 Å². The Hall–Kier alpha value is -2.31. The number of rotatable bonds is 5. The monoisotopic (exact) mass is 370 g/mol. The van der Waals surface area contributed by atoms with Gasteiger partial charge in [0, 0.05) is 12.1 Å². The minimum absolute atomic E-state index is 0.263. The molecule has 0 fully saturated rings. The van der Waals surface area contributed by atoms with Crippen molar-refractivity contribution in [1.29, 1.82) is 0 Å². The summed E-state index contributed by atoms with van der Waals surface area (Å²) in [6.07, 6.45) is 0. The molecule has 0 heterocycles. The number of amides is 2. The molecule has 2 N–H and O–H groups in total. The molecule has 0 saturated carbocycles. The number of methoxy groups -OCH3 is 3. The average Bonchev–Trinajstić information content (AvgIpc) is 2.57. The lowest BCUT2D eigenvalue weighted by molar-refractivity contribution is 0.262. The summed E-state index contributed by atoms with van der Waals surface area (Å²) in [4.78, 5) is 12.2. The average molecular weight is 371 g/mol. The van der Waals surface area contributed by atoms with Gasteiger partial charge in [-0.2, -0.15) is 0 Å². The molecule has 24 heavy (non-hydrogen) atoms. The SMILES string of the molecule is COc1cc(NC(=O)Nc2cccc(Cl)c2Cl)cc(OC)c1OC. The zero-order valence-electron chi connectivity index (χ0n) is 13.3. The fraction of sp³-hybridized carbons (Fsp3) is 0.188. The highest BCUT2D eigenvalue weighted by Gasteiger charge is 2.15. The van der Waals surface area contributed by atoms with Crippen LogP contribution in [0.1, 0.15) is 0 Å². The maximum Gasteiger partial charge on any atom is 0.323 e. The normalized spacial score (nSPS) is 10.0. The maximum atomic E-state index is 12.2. The highest BCUT2D eigenvalue weighted by atomic mass is 35.5. The standard InChI is InChI=1S/C16H16Cl2N2O4/c1-22-12-7-9(8-13(23-2)15(12)24-3)19-16(21)20-11-6-4-5-10(17)14(11)18/h4-8H,1-3H3,(H2,19,20,21). The zero-order valence-corrected chi connectivity index (χ0v) is 14.8. The number of carbonyl (C=O) groups is 1. The first-order valence-corrected chi connectivity index (χ1v) is 7.57. The molecule has 2 rings (SSSR count). The van der Waals surface area contributed by atoms with Gasteiger partial charge in [-0.05, 0) is 12.1 Å². The number of carbonyl (C=O) groups excluding carboxylic acids is 1. The molecule has 6 nitrogen and oxygen atoms in total. The smallest absolute Gasteiger partial charge is 0.323 e. The van der Waals surface area contributed by atoms with Crippen molar-refractivity contribution in [2.24, 2.45) is 0 Å². The molecule has 0 aliphatic rings. The van der Waals surface area contributed by atoms with Gasteiger partial charge in [-0.1, -0.05) is 29.3 Å². The number of nitrogens with one attached hydrogen (secondary N) is 2. The van der Waals surface area contributed by atoms with Crippen LogP contribution in [0.25, 0.3) is 0 Å². The molecule has 0 bridgehead atoms. The van der Waals surface area contributed by atoms with Crippen molar-refractivity contribution in [3.05, 3.63) is 40.4 Å². The lowest BCUT2D eigenvalue weighted by Gasteiger charge is -2.15. The van der Waals surface area contributed by atoms with E-state index in [1.807, 2.05) is 0 Å². The molecule has 0 unspecified atom stereocenters. The Morgan fingerprint density at radius 2 is 1.58 bits per heavy atom.